The SMILES string of the molecule is Cc1ccc(C(NC(=O)CN2CCCC2c2nncn2C)c2cccs2)cc1. The number of carbonyl (C=O) groups is 1. The highest BCUT2D eigenvalue weighted by Gasteiger charge is 2.31. The number of carbonyl (C=O) groups excluding carboxylic acids is 1. The van der Waals surface area contributed by atoms with Gasteiger partial charge in [-0.25, -0.2) is 0 Å². The van der Waals surface area contributed by atoms with E-state index in [4.69, 9.17) is 0 Å². The molecule has 1 aliphatic heterocycles. The summed E-state index contributed by atoms with van der Waals surface area (Å²) in [5.41, 5.74) is 2.32. The first-order valence-electron chi connectivity index (χ1n) is 9.59. The van der Waals surface area contributed by atoms with Gasteiger partial charge in [0.2, 0.25) is 5.91 Å². The van der Waals surface area contributed by atoms with Crippen molar-refractivity contribution in [3.05, 3.63) is 69.9 Å². The Bertz CT molecular complexity index is 919. The average molecular weight is 396 g/mol. The highest BCUT2D eigenvalue weighted by Crippen LogP contribution is 2.30. The molecule has 1 amide bonds. The van der Waals surface area contributed by atoms with Crippen molar-refractivity contribution in [2.75, 3.05) is 13.1 Å². The largest absolute Gasteiger partial charge is 0.343 e. The number of amides is 1. The molecule has 4 rings (SSSR count). The van der Waals surface area contributed by atoms with Crippen LogP contribution in [0.5, 0.6) is 0 Å². The van der Waals surface area contributed by atoms with E-state index in [1.54, 1.807) is 17.7 Å². The third-order valence-electron chi connectivity index (χ3n) is 5.30. The number of nitrogens with zero attached hydrogens (tertiary/aromatic N) is 4. The zero-order chi connectivity index (χ0) is 19.5. The number of rotatable bonds is 6. The Balaban J connectivity index is 1.49. The van der Waals surface area contributed by atoms with Crippen LogP contribution in [0.25, 0.3) is 0 Å². The molecule has 2 atom stereocenters. The fourth-order valence-electron chi connectivity index (χ4n) is 3.83. The van der Waals surface area contributed by atoms with Gasteiger partial charge >= 0.3 is 0 Å². The first kappa shape index (κ1) is 18.8. The maximum absolute atomic E-state index is 13.0. The molecule has 1 saturated heterocycles. The number of thiophene rings is 1. The molecule has 6 nitrogen and oxygen atoms in total. The van der Waals surface area contributed by atoms with Crippen molar-refractivity contribution in [3.8, 4) is 0 Å². The van der Waals surface area contributed by atoms with Crippen LogP contribution in [-0.4, -0.2) is 38.7 Å². The molecule has 7 heteroatoms. The molecule has 1 aromatic carbocycles. The van der Waals surface area contributed by atoms with Gasteiger partial charge in [-0.05, 0) is 43.3 Å². The van der Waals surface area contributed by atoms with Crippen LogP contribution >= 0.6 is 11.3 Å². The molecular formula is C21H25N5OS. The van der Waals surface area contributed by atoms with Crippen molar-refractivity contribution in [3.63, 3.8) is 0 Å². The fourth-order valence-corrected chi connectivity index (χ4v) is 4.63. The molecule has 0 aliphatic carbocycles. The Labute approximate surface area is 169 Å². The third-order valence-corrected chi connectivity index (χ3v) is 6.24. The number of hydrogen-bond acceptors (Lipinski definition) is 5. The van der Waals surface area contributed by atoms with Gasteiger partial charge in [0, 0.05) is 11.9 Å². The van der Waals surface area contributed by atoms with Crippen molar-refractivity contribution in [2.45, 2.75) is 31.8 Å². The van der Waals surface area contributed by atoms with Gasteiger partial charge in [-0.2, -0.15) is 0 Å². The lowest BCUT2D eigenvalue weighted by atomic mass is 10.0. The molecule has 1 N–H and O–H groups in total. The molecule has 3 aromatic rings. The second-order valence-electron chi connectivity index (χ2n) is 7.36. The lowest BCUT2D eigenvalue weighted by Crippen LogP contribution is -2.39. The van der Waals surface area contributed by atoms with E-state index in [0.29, 0.717) is 6.54 Å². The molecule has 0 radical (unpaired) electrons. The van der Waals surface area contributed by atoms with E-state index in [1.807, 2.05) is 23.1 Å². The maximum atomic E-state index is 13.0. The van der Waals surface area contributed by atoms with Crippen LogP contribution in [0.2, 0.25) is 0 Å². The van der Waals surface area contributed by atoms with Gasteiger partial charge in [-0.15, -0.1) is 21.5 Å². The van der Waals surface area contributed by atoms with Crippen LogP contribution in [0.3, 0.4) is 0 Å². The molecule has 28 heavy (non-hydrogen) atoms. The third kappa shape index (κ3) is 4.00. The van der Waals surface area contributed by atoms with Gasteiger partial charge in [0.25, 0.3) is 0 Å². The van der Waals surface area contributed by atoms with E-state index in [-0.39, 0.29) is 18.0 Å². The summed E-state index contributed by atoms with van der Waals surface area (Å²) in [7, 11) is 1.95. The van der Waals surface area contributed by atoms with Crippen LogP contribution in [0.4, 0.5) is 0 Å². The van der Waals surface area contributed by atoms with Crippen LogP contribution < -0.4 is 5.32 Å². The van der Waals surface area contributed by atoms with Crippen molar-refractivity contribution in [1.29, 1.82) is 0 Å². The fraction of sp³-hybridized carbons (Fsp3) is 0.381. The lowest BCUT2D eigenvalue weighted by Gasteiger charge is -2.25. The van der Waals surface area contributed by atoms with Crippen molar-refractivity contribution < 1.29 is 4.79 Å². The van der Waals surface area contributed by atoms with Gasteiger partial charge < -0.3 is 9.88 Å². The molecule has 2 unspecified atom stereocenters. The predicted octanol–water partition coefficient (Wildman–Crippen LogP) is 3.23. The van der Waals surface area contributed by atoms with E-state index in [1.165, 1.54) is 5.56 Å². The highest BCUT2D eigenvalue weighted by atomic mass is 32.1. The number of benzene rings is 1. The minimum Gasteiger partial charge on any atom is -0.343 e. The van der Waals surface area contributed by atoms with Crippen LogP contribution in [0, 0.1) is 6.92 Å². The Morgan fingerprint density at radius 2 is 2.14 bits per heavy atom. The molecule has 0 spiro atoms. The Hall–Kier alpha value is -2.51. The van der Waals surface area contributed by atoms with Crippen LogP contribution in [-0.2, 0) is 11.8 Å². The summed E-state index contributed by atoms with van der Waals surface area (Å²) in [6.45, 7) is 3.34. The van der Waals surface area contributed by atoms with Gasteiger partial charge in [0.15, 0.2) is 0 Å². The summed E-state index contributed by atoms with van der Waals surface area (Å²) in [5, 5.41) is 13.5. The summed E-state index contributed by atoms with van der Waals surface area (Å²) in [4.78, 5) is 16.3. The standard InChI is InChI=1S/C21H25N5OS/c1-15-7-9-16(10-8-15)20(18-6-4-12-28-18)23-19(27)13-26-11-3-5-17(26)21-24-22-14-25(21)2/h4,6-10,12,14,17,20H,3,5,11,13H2,1-2H3,(H,23,27). The number of aromatic nitrogens is 3. The molecule has 0 bridgehead atoms. The average Bonchev–Trinajstić information content (AvgIpc) is 3.42. The summed E-state index contributed by atoms with van der Waals surface area (Å²) in [6, 6.07) is 12.5. The second kappa shape index (κ2) is 8.24. The van der Waals surface area contributed by atoms with E-state index < -0.39 is 0 Å². The summed E-state index contributed by atoms with van der Waals surface area (Å²) in [5.74, 6) is 0.965. The topological polar surface area (TPSA) is 63.1 Å². The first-order chi connectivity index (χ1) is 13.6. The van der Waals surface area contributed by atoms with Gasteiger partial charge in [-0.1, -0.05) is 35.9 Å². The summed E-state index contributed by atoms with van der Waals surface area (Å²) < 4.78 is 1.95. The number of aryl methyl sites for hydroxylation is 2. The second-order valence-corrected chi connectivity index (χ2v) is 8.33. The summed E-state index contributed by atoms with van der Waals surface area (Å²) >= 11 is 1.67. The Kier molecular flexibility index (Phi) is 5.54. The smallest absolute Gasteiger partial charge is 0.234 e. The molecule has 2 aromatic heterocycles. The molecule has 146 valence electrons. The number of hydrogen-bond donors (Lipinski definition) is 1. The van der Waals surface area contributed by atoms with Gasteiger partial charge in [-0.3, -0.25) is 9.69 Å². The predicted molar refractivity (Wildman–Crippen MR) is 110 cm³/mol. The minimum absolute atomic E-state index is 0.0352. The monoisotopic (exact) mass is 395 g/mol. The minimum atomic E-state index is -0.121. The molecule has 3 heterocycles. The van der Waals surface area contributed by atoms with Crippen LogP contribution in [0.15, 0.2) is 48.1 Å². The van der Waals surface area contributed by atoms with E-state index >= 15 is 0 Å². The quantitative estimate of drug-likeness (QED) is 0.696. The maximum Gasteiger partial charge on any atom is 0.234 e. The number of nitrogens with one attached hydrogen (secondary N) is 1. The van der Waals surface area contributed by atoms with E-state index in [0.717, 1.165) is 35.7 Å². The van der Waals surface area contributed by atoms with E-state index in [2.05, 4.69) is 57.7 Å². The zero-order valence-electron chi connectivity index (χ0n) is 16.2. The van der Waals surface area contributed by atoms with Crippen molar-refractivity contribution in [2.24, 2.45) is 7.05 Å². The van der Waals surface area contributed by atoms with Gasteiger partial charge in [0.1, 0.15) is 12.2 Å². The highest BCUT2D eigenvalue weighted by molar-refractivity contribution is 7.10. The summed E-state index contributed by atoms with van der Waals surface area (Å²) in [6.07, 6.45) is 3.79. The Morgan fingerprint density at radius 1 is 1.32 bits per heavy atom. The molecule has 1 aliphatic rings. The number of likely N-dealkylation sites (tertiary alicyclic amines) is 1. The van der Waals surface area contributed by atoms with Crippen molar-refractivity contribution in [1.82, 2.24) is 25.0 Å². The molecule has 1 fully saturated rings. The molecule has 0 saturated carbocycles. The Morgan fingerprint density at radius 3 is 2.82 bits per heavy atom. The lowest BCUT2D eigenvalue weighted by molar-refractivity contribution is -0.123. The van der Waals surface area contributed by atoms with Crippen LogP contribution in [0.1, 0.15) is 46.8 Å². The first-order valence-corrected chi connectivity index (χ1v) is 10.5. The van der Waals surface area contributed by atoms with E-state index in [9.17, 15) is 4.79 Å². The van der Waals surface area contributed by atoms with Crippen molar-refractivity contribution >= 4 is 17.2 Å². The molecular weight excluding hydrogens is 370 g/mol. The zero-order valence-corrected chi connectivity index (χ0v) is 17.0. The normalized spacial score (nSPS) is 18.3. The van der Waals surface area contributed by atoms with Gasteiger partial charge in [0.05, 0.1) is 18.6 Å².